The Morgan fingerprint density at radius 1 is 1.77 bits per heavy atom. The van der Waals surface area contributed by atoms with Gasteiger partial charge in [-0.05, 0) is 13.8 Å². The molecule has 13 heavy (non-hydrogen) atoms. The Balaban J connectivity index is 2.57. The van der Waals surface area contributed by atoms with Crippen LogP contribution in [0.1, 0.15) is 13.8 Å². The van der Waals surface area contributed by atoms with Crippen LogP contribution < -0.4 is 5.32 Å². The zero-order chi connectivity index (χ0) is 9.90. The highest BCUT2D eigenvalue weighted by Crippen LogP contribution is 2.10. The van der Waals surface area contributed by atoms with Gasteiger partial charge < -0.3 is 10.4 Å². The van der Waals surface area contributed by atoms with Crippen molar-refractivity contribution in [1.29, 1.82) is 0 Å². The number of hydrogen-bond donors (Lipinski definition) is 2. The van der Waals surface area contributed by atoms with Crippen LogP contribution in [0.25, 0.3) is 0 Å². The molecule has 0 aromatic heterocycles. The standard InChI is InChI=1S/C10H20N2O/c1-4-5-12-6-9(2)11-7-10(3,13)8-12/h4,9,11,13H,1,5-8H2,2-3H3. The van der Waals surface area contributed by atoms with Gasteiger partial charge in [-0.1, -0.05) is 6.08 Å². The molecule has 0 spiro atoms. The van der Waals surface area contributed by atoms with Crippen LogP contribution in [0.5, 0.6) is 0 Å². The molecule has 3 nitrogen and oxygen atoms in total. The van der Waals surface area contributed by atoms with Gasteiger partial charge in [0.15, 0.2) is 0 Å². The van der Waals surface area contributed by atoms with E-state index in [9.17, 15) is 5.11 Å². The topological polar surface area (TPSA) is 35.5 Å². The Labute approximate surface area is 80.4 Å². The van der Waals surface area contributed by atoms with Gasteiger partial charge in [0.2, 0.25) is 0 Å². The van der Waals surface area contributed by atoms with E-state index in [0.29, 0.717) is 12.6 Å². The minimum Gasteiger partial charge on any atom is -0.388 e. The molecule has 0 aromatic rings. The van der Waals surface area contributed by atoms with E-state index in [4.69, 9.17) is 0 Å². The third-order valence-electron chi connectivity index (χ3n) is 2.31. The summed E-state index contributed by atoms with van der Waals surface area (Å²) < 4.78 is 0. The molecule has 0 aromatic carbocycles. The third-order valence-corrected chi connectivity index (χ3v) is 2.31. The second kappa shape index (κ2) is 4.22. The lowest BCUT2D eigenvalue weighted by atomic mass is 10.1. The van der Waals surface area contributed by atoms with Crippen LogP contribution in [0.15, 0.2) is 12.7 Å². The summed E-state index contributed by atoms with van der Waals surface area (Å²) in [6, 6.07) is 0.439. The summed E-state index contributed by atoms with van der Waals surface area (Å²) in [6.45, 7) is 10.9. The predicted molar refractivity (Wildman–Crippen MR) is 54.7 cm³/mol. The Morgan fingerprint density at radius 3 is 3.08 bits per heavy atom. The molecule has 0 amide bonds. The molecule has 3 heteroatoms. The first-order chi connectivity index (χ1) is 6.03. The van der Waals surface area contributed by atoms with Crippen molar-refractivity contribution in [2.45, 2.75) is 25.5 Å². The first-order valence-electron chi connectivity index (χ1n) is 4.82. The maximum atomic E-state index is 9.93. The Kier molecular flexibility index (Phi) is 3.47. The first kappa shape index (κ1) is 10.7. The molecule has 76 valence electrons. The van der Waals surface area contributed by atoms with Crippen LogP contribution in [0.4, 0.5) is 0 Å². The van der Waals surface area contributed by atoms with Crippen LogP contribution in [-0.4, -0.2) is 47.8 Å². The molecule has 0 saturated carbocycles. The zero-order valence-corrected chi connectivity index (χ0v) is 8.58. The molecular formula is C10H20N2O. The Bertz CT molecular complexity index is 180. The minimum atomic E-state index is -0.617. The predicted octanol–water partition coefficient (Wildman–Crippen LogP) is 0.217. The van der Waals surface area contributed by atoms with Gasteiger partial charge in [-0.3, -0.25) is 4.90 Å². The van der Waals surface area contributed by atoms with E-state index in [1.165, 1.54) is 0 Å². The number of aliphatic hydroxyl groups is 1. The Morgan fingerprint density at radius 2 is 2.46 bits per heavy atom. The summed E-state index contributed by atoms with van der Waals surface area (Å²) in [5, 5.41) is 13.2. The number of hydrogen-bond acceptors (Lipinski definition) is 3. The fraction of sp³-hybridized carbons (Fsp3) is 0.800. The molecule has 1 rings (SSSR count). The third kappa shape index (κ3) is 3.46. The summed E-state index contributed by atoms with van der Waals surface area (Å²) in [4.78, 5) is 2.22. The van der Waals surface area contributed by atoms with Crippen molar-refractivity contribution in [3.05, 3.63) is 12.7 Å². The molecule has 0 radical (unpaired) electrons. The SMILES string of the molecule is C=CCN1CC(C)NCC(C)(O)C1. The molecule has 0 bridgehead atoms. The van der Waals surface area contributed by atoms with Gasteiger partial charge in [0, 0.05) is 32.2 Å². The quantitative estimate of drug-likeness (QED) is 0.603. The van der Waals surface area contributed by atoms with Gasteiger partial charge in [0.05, 0.1) is 5.60 Å². The second-order valence-corrected chi connectivity index (χ2v) is 4.26. The first-order valence-corrected chi connectivity index (χ1v) is 4.82. The fourth-order valence-electron chi connectivity index (χ4n) is 1.77. The van der Waals surface area contributed by atoms with Crippen molar-refractivity contribution in [3.63, 3.8) is 0 Å². The summed E-state index contributed by atoms with van der Waals surface area (Å²) >= 11 is 0. The van der Waals surface area contributed by atoms with Crippen molar-refractivity contribution in [3.8, 4) is 0 Å². The average molecular weight is 184 g/mol. The van der Waals surface area contributed by atoms with Gasteiger partial charge in [0.25, 0.3) is 0 Å². The normalized spacial score (nSPS) is 37.0. The zero-order valence-electron chi connectivity index (χ0n) is 8.58. The molecule has 0 aliphatic carbocycles. The number of nitrogens with one attached hydrogen (secondary N) is 1. The van der Waals surface area contributed by atoms with Crippen LogP contribution in [0.2, 0.25) is 0 Å². The highest BCUT2D eigenvalue weighted by Gasteiger charge is 2.28. The van der Waals surface area contributed by atoms with Crippen molar-refractivity contribution >= 4 is 0 Å². The lowest BCUT2D eigenvalue weighted by Crippen LogP contribution is -2.43. The maximum Gasteiger partial charge on any atom is 0.0869 e. The highest BCUT2D eigenvalue weighted by molar-refractivity contribution is 4.88. The van der Waals surface area contributed by atoms with Gasteiger partial charge in [-0.15, -0.1) is 6.58 Å². The molecule has 1 saturated heterocycles. The lowest BCUT2D eigenvalue weighted by molar-refractivity contribution is 0.0373. The molecule has 2 atom stereocenters. The number of rotatable bonds is 2. The largest absolute Gasteiger partial charge is 0.388 e. The molecule has 1 aliphatic heterocycles. The van der Waals surface area contributed by atoms with E-state index in [2.05, 4.69) is 23.7 Å². The summed E-state index contributed by atoms with van der Waals surface area (Å²) in [5.74, 6) is 0. The second-order valence-electron chi connectivity index (χ2n) is 4.26. The lowest BCUT2D eigenvalue weighted by Gasteiger charge is -2.26. The van der Waals surface area contributed by atoms with Gasteiger partial charge >= 0.3 is 0 Å². The van der Waals surface area contributed by atoms with E-state index in [1.807, 2.05) is 13.0 Å². The molecule has 2 N–H and O–H groups in total. The molecule has 2 unspecified atom stereocenters. The molecule has 1 heterocycles. The molecule has 1 fully saturated rings. The average Bonchev–Trinajstić information content (AvgIpc) is 2.11. The van der Waals surface area contributed by atoms with Crippen molar-refractivity contribution in [1.82, 2.24) is 10.2 Å². The van der Waals surface area contributed by atoms with Crippen molar-refractivity contribution in [2.24, 2.45) is 0 Å². The van der Waals surface area contributed by atoms with E-state index in [0.717, 1.165) is 19.6 Å². The summed E-state index contributed by atoms with van der Waals surface area (Å²) in [7, 11) is 0. The number of β-amino-alcohol motifs (C(OH)–C–C–N with tert-alkyl or cyclic N) is 1. The maximum absolute atomic E-state index is 9.93. The monoisotopic (exact) mass is 184 g/mol. The van der Waals surface area contributed by atoms with Crippen molar-refractivity contribution in [2.75, 3.05) is 26.2 Å². The highest BCUT2D eigenvalue weighted by atomic mass is 16.3. The van der Waals surface area contributed by atoms with Crippen LogP contribution >= 0.6 is 0 Å². The molecular weight excluding hydrogens is 164 g/mol. The smallest absolute Gasteiger partial charge is 0.0869 e. The van der Waals surface area contributed by atoms with Crippen molar-refractivity contribution < 1.29 is 5.11 Å². The fourth-order valence-corrected chi connectivity index (χ4v) is 1.77. The van der Waals surface area contributed by atoms with Crippen LogP contribution in [-0.2, 0) is 0 Å². The van der Waals surface area contributed by atoms with E-state index in [-0.39, 0.29) is 0 Å². The van der Waals surface area contributed by atoms with Crippen LogP contribution in [0.3, 0.4) is 0 Å². The van der Waals surface area contributed by atoms with Gasteiger partial charge in [-0.25, -0.2) is 0 Å². The summed E-state index contributed by atoms with van der Waals surface area (Å²) in [5.41, 5.74) is -0.617. The van der Waals surface area contributed by atoms with Gasteiger partial charge in [-0.2, -0.15) is 0 Å². The Hall–Kier alpha value is -0.380. The van der Waals surface area contributed by atoms with Crippen LogP contribution in [0, 0.1) is 0 Å². The van der Waals surface area contributed by atoms with Gasteiger partial charge in [0.1, 0.15) is 0 Å². The summed E-state index contributed by atoms with van der Waals surface area (Å²) in [6.07, 6.45) is 1.88. The number of nitrogens with zero attached hydrogens (tertiary/aromatic N) is 1. The van der Waals surface area contributed by atoms with E-state index in [1.54, 1.807) is 0 Å². The van der Waals surface area contributed by atoms with E-state index >= 15 is 0 Å². The minimum absolute atomic E-state index is 0.439. The molecule has 1 aliphatic rings. The van der Waals surface area contributed by atoms with E-state index < -0.39 is 5.60 Å².